The van der Waals surface area contributed by atoms with Crippen molar-refractivity contribution in [1.82, 2.24) is 5.32 Å². The van der Waals surface area contributed by atoms with Crippen LogP contribution >= 0.6 is 0 Å². The molecular formula is C13H19NO4. The number of nitrogens with one attached hydrogen (secondary N) is 1. The summed E-state index contributed by atoms with van der Waals surface area (Å²) in [5, 5.41) is 12.0. The lowest BCUT2D eigenvalue weighted by molar-refractivity contribution is -0.143. The fourth-order valence-electron chi connectivity index (χ4n) is 1.41. The minimum atomic E-state index is -0.992. The van der Waals surface area contributed by atoms with Crippen LogP contribution in [0.3, 0.4) is 0 Å². The third-order valence-electron chi connectivity index (χ3n) is 2.74. The zero-order valence-corrected chi connectivity index (χ0v) is 11.1. The van der Waals surface area contributed by atoms with Gasteiger partial charge in [0.1, 0.15) is 17.0 Å². The fraction of sp³-hybridized carbons (Fsp3) is 0.462. The minimum absolute atomic E-state index is 0.389. The second-order valence-electron chi connectivity index (χ2n) is 4.46. The van der Waals surface area contributed by atoms with Gasteiger partial charge < -0.3 is 14.6 Å². The molecule has 0 aliphatic carbocycles. The van der Waals surface area contributed by atoms with Crippen LogP contribution in [-0.2, 0) is 11.3 Å². The predicted molar refractivity (Wildman–Crippen MR) is 68.1 cm³/mol. The number of benzene rings is 1. The third kappa shape index (κ3) is 3.37. The number of ether oxygens (including phenoxy) is 2. The van der Waals surface area contributed by atoms with E-state index >= 15 is 0 Å². The molecule has 0 unspecified atom stereocenters. The number of carboxylic acid groups (broad SMARTS) is 1. The minimum Gasteiger partial charge on any atom is -0.497 e. The Labute approximate surface area is 107 Å². The molecule has 2 N–H and O–H groups in total. The van der Waals surface area contributed by atoms with E-state index in [1.54, 1.807) is 40.2 Å². The molecule has 1 aromatic rings. The summed E-state index contributed by atoms with van der Waals surface area (Å²) in [4.78, 5) is 11.0. The number of rotatable bonds is 6. The molecule has 0 bridgehead atoms. The van der Waals surface area contributed by atoms with Gasteiger partial charge in [0.2, 0.25) is 0 Å². The first-order chi connectivity index (χ1) is 8.40. The molecule has 5 heteroatoms. The summed E-state index contributed by atoms with van der Waals surface area (Å²) < 4.78 is 10.4. The first-order valence-corrected chi connectivity index (χ1v) is 5.60. The van der Waals surface area contributed by atoms with Gasteiger partial charge in [-0.25, -0.2) is 0 Å². The quantitative estimate of drug-likeness (QED) is 0.807. The van der Waals surface area contributed by atoms with Crippen molar-refractivity contribution in [2.45, 2.75) is 25.9 Å². The number of hydrogen-bond donors (Lipinski definition) is 2. The monoisotopic (exact) mass is 253 g/mol. The number of hydrogen-bond acceptors (Lipinski definition) is 4. The fourth-order valence-corrected chi connectivity index (χ4v) is 1.41. The van der Waals surface area contributed by atoms with Crippen molar-refractivity contribution < 1.29 is 19.4 Å². The van der Waals surface area contributed by atoms with Gasteiger partial charge in [-0.2, -0.15) is 0 Å². The first kappa shape index (κ1) is 14.3. The average Bonchev–Trinajstić information content (AvgIpc) is 2.35. The Balaban J connectivity index is 2.86. The Morgan fingerprint density at radius 2 is 2.00 bits per heavy atom. The number of aliphatic carboxylic acids is 1. The molecule has 0 saturated carbocycles. The van der Waals surface area contributed by atoms with Gasteiger partial charge in [-0.05, 0) is 32.0 Å². The highest BCUT2D eigenvalue weighted by Crippen LogP contribution is 2.24. The van der Waals surface area contributed by atoms with Gasteiger partial charge in [0.05, 0.1) is 14.2 Å². The molecule has 0 fully saturated rings. The summed E-state index contributed by atoms with van der Waals surface area (Å²) in [5.41, 5.74) is -0.139. The lowest BCUT2D eigenvalue weighted by atomic mass is 10.1. The van der Waals surface area contributed by atoms with E-state index in [1.807, 2.05) is 6.07 Å². The maximum Gasteiger partial charge on any atom is 0.323 e. The molecule has 0 atom stereocenters. The molecule has 0 amide bonds. The van der Waals surface area contributed by atoms with Gasteiger partial charge in [-0.1, -0.05) is 0 Å². The van der Waals surface area contributed by atoms with Crippen molar-refractivity contribution in [3.8, 4) is 11.5 Å². The van der Waals surface area contributed by atoms with Crippen molar-refractivity contribution in [3.63, 3.8) is 0 Å². The standard InChI is InChI=1S/C13H19NO4/c1-13(2,12(15)16)14-8-9-7-10(17-3)5-6-11(9)18-4/h5-7,14H,8H2,1-4H3,(H,15,16). The second kappa shape index (κ2) is 5.73. The van der Waals surface area contributed by atoms with Crippen LogP contribution in [0.15, 0.2) is 18.2 Å². The van der Waals surface area contributed by atoms with E-state index in [2.05, 4.69) is 5.32 Å². The molecule has 0 aliphatic heterocycles. The summed E-state index contributed by atoms with van der Waals surface area (Å²) in [6, 6.07) is 5.41. The lowest BCUT2D eigenvalue weighted by Crippen LogP contribution is -2.46. The maximum atomic E-state index is 11.0. The molecule has 0 spiro atoms. The molecule has 0 heterocycles. The maximum absolute atomic E-state index is 11.0. The summed E-state index contributed by atoms with van der Waals surface area (Å²) in [7, 11) is 3.16. The zero-order chi connectivity index (χ0) is 13.8. The third-order valence-corrected chi connectivity index (χ3v) is 2.74. The van der Waals surface area contributed by atoms with Gasteiger partial charge in [0.25, 0.3) is 0 Å². The molecular weight excluding hydrogens is 234 g/mol. The van der Waals surface area contributed by atoms with E-state index in [4.69, 9.17) is 14.6 Å². The van der Waals surface area contributed by atoms with Crippen molar-refractivity contribution in [1.29, 1.82) is 0 Å². The molecule has 1 rings (SSSR count). The molecule has 5 nitrogen and oxygen atoms in total. The Morgan fingerprint density at radius 1 is 1.33 bits per heavy atom. The van der Waals surface area contributed by atoms with Crippen LogP contribution in [0.4, 0.5) is 0 Å². The topological polar surface area (TPSA) is 67.8 Å². The highest BCUT2D eigenvalue weighted by Gasteiger charge is 2.26. The normalized spacial score (nSPS) is 11.1. The molecule has 0 saturated heterocycles. The van der Waals surface area contributed by atoms with Crippen LogP contribution < -0.4 is 14.8 Å². The molecule has 1 aromatic carbocycles. The molecule has 0 radical (unpaired) electrons. The number of carboxylic acids is 1. The van der Waals surface area contributed by atoms with Crippen molar-refractivity contribution in [3.05, 3.63) is 23.8 Å². The van der Waals surface area contributed by atoms with Crippen LogP contribution in [0.2, 0.25) is 0 Å². The molecule has 18 heavy (non-hydrogen) atoms. The molecule has 100 valence electrons. The van der Waals surface area contributed by atoms with Gasteiger partial charge in [-0.3, -0.25) is 10.1 Å². The molecule has 0 aliphatic rings. The Bertz CT molecular complexity index is 429. The average molecular weight is 253 g/mol. The smallest absolute Gasteiger partial charge is 0.323 e. The highest BCUT2D eigenvalue weighted by atomic mass is 16.5. The Hall–Kier alpha value is -1.75. The molecule has 0 aromatic heterocycles. The van der Waals surface area contributed by atoms with Crippen LogP contribution in [-0.4, -0.2) is 30.8 Å². The van der Waals surface area contributed by atoms with E-state index in [1.165, 1.54) is 0 Å². The first-order valence-electron chi connectivity index (χ1n) is 5.60. The van der Waals surface area contributed by atoms with Crippen molar-refractivity contribution in [2.75, 3.05) is 14.2 Å². The van der Waals surface area contributed by atoms with Gasteiger partial charge >= 0.3 is 5.97 Å². The van der Waals surface area contributed by atoms with Crippen LogP contribution in [0.25, 0.3) is 0 Å². The summed E-state index contributed by atoms with van der Waals surface area (Å²) in [6.45, 7) is 3.61. The van der Waals surface area contributed by atoms with Gasteiger partial charge in [0.15, 0.2) is 0 Å². The summed E-state index contributed by atoms with van der Waals surface area (Å²) in [6.07, 6.45) is 0. The Kier molecular flexibility index (Phi) is 4.55. The lowest BCUT2D eigenvalue weighted by Gasteiger charge is -2.22. The van der Waals surface area contributed by atoms with Gasteiger partial charge in [0, 0.05) is 12.1 Å². The largest absolute Gasteiger partial charge is 0.497 e. The van der Waals surface area contributed by atoms with E-state index in [-0.39, 0.29) is 0 Å². The van der Waals surface area contributed by atoms with Crippen molar-refractivity contribution >= 4 is 5.97 Å². The van der Waals surface area contributed by atoms with Crippen molar-refractivity contribution in [2.24, 2.45) is 0 Å². The predicted octanol–water partition coefficient (Wildman–Crippen LogP) is 1.66. The summed E-state index contributed by atoms with van der Waals surface area (Å²) in [5.74, 6) is 0.509. The van der Waals surface area contributed by atoms with E-state index in [0.29, 0.717) is 18.0 Å². The second-order valence-corrected chi connectivity index (χ2v) is 4.46. The van der Waals surface area contributed by atoms with Crippen LogP contribution in [0.5, 0.6) is 11.5 Å². The number of methoxy groups -OCH3 is 2. The van der Waals surface area contributed by atoms with E-state index in [0.717, 1.165) is 5.56 Å². The highest BCUT2D eigenvalue weighted by molar-refractivity contribution is 5.77. The zero-order valence-electron chi connectivity index (χ0n) is 11.1. The van der Waals surface area contributed by atoms with Gasteiger partial charge in [-0.15, -0.1) is 0 Å². The summed E-state index contributed by atoms with van der Waals surface area (Å²) >= 11 is 0. The SMILES string of the molecule is COc1ccc(OC)c(CNC(C)(C)C(=O)O)c1. The van der Waals surface area contributed by atoms with E-state index in [9.17, 15) is 4.79 Å². The number of carbonyl (C=O) groups is 1. The van der Waals surface area contributed by atoms with Crippen LogP contribution in [0.1, 0.15) is 19.4 Å². The van der Waals surface area contributed by atoms with Crippen LogP contribution in [0, 0.1) is 0 Å². The van der Waals surface area contributed by atoms with E-state index < -0.39 is 11.5 Å². The Morgan fingerprint density at radius 3 is 2.50 bits per heavy atom.